The van der Waals surface area contributed by atoms with Crippen LogP contribution in [0.15, 0.2) is 53.4 Å². The van der Waals surface area contributed by atoms with Gasteiger partial charge < -0.3 is 0 Å². The van der Waals surface area contributed by atoms with Gasteiger partial charge in [-0.15, -0.1) is 0 Å². The topological polar surface area (TPSA) is 46.2 Å². The van der Waals surface area contributed by atoms with E-state index < -0.39 is 26.6 Å². The number of benzene rings is 2. The van der Waals surface area contributed by atoms with E-state index in [1.807, 2.05) is 30.3 Å². The molecule has 7 heteroatoms. The van der Waals surface area contributed by atoms with Crippen LogP contribution in [0.25, 0.3) is 0 Å². The van der Waals surface area contributed by atoms with E-state index in [1.54, 1.807) is 0 Å². The van der Waals surface area contributed by atoms with Gasteiger partial charge in [0, 0.05) is 6.54 Å². The summed E-state index contributed by atoms with van der Waals surface area (Å²) < 4.78 is 52.9. The van der Waals surface area contributed by atoms with Crippen molar-refractivity contribution in [3.05, 3.63) is 65.7 Å². The van der Waals surface area contributed by atoms with Gasteiger partial charge in [0.05, 0.1) is 4.83 Å². The maximum absolute atomic E-state index is 13.5. The molecular formula is C14H12BrF2NO2S. The van der Waals surface area contributed by atoms with Crippen LogP contribution in [0.4, 0.5) is 8.78 Å². The van der Waals surface area contributed by atoms with Gasteiger partial charge in [-0.25, -0.2) is 21.9 Å². The molecule has 0 aliphatic heterocycles. The molecule has 0 amide bonds. The Balaban J connectivity index is 2.13. The Morgan fingerprint density at radius 3 is 2.43 bits per heavy atom. The lowest BCUT2D eigenvalue weighted by Gasteiger charge is -2.12. The third kappa shape index (κ3) is 4.09. The van der Waals surface area contributed by atoms with Crippen LogP contribution in [0.1, 0.15) is 10.4 Å². The zero-order valence-corrected chi connectivity index (χ0v) is 13.2. The van der Waals surface area contributed by atoms with Crippen LogP contribution in [0, 0.1) is 11.6 Å². The van der Waals surface area contributed by atoms with Crippen LogP contribution in [-0.2, 0) is 10.0 Å². The molecule has 0 heterocycles. The van der Waals surface area contributed by atoms with Gasteiger partial charge in [-0.3, -0.25) is 0 Å². The van der Waals surface area contributed by atoms with Gasteiger partial charge in [0.25, 0.3) is 0 Å². The van der Waals surface area contributed by atoms with E-state index in [0.29, 0.717) is 6.07 Å². The number of hydrogen-bond donors (Lipinski definition) is 1. The molecule has 2 aromatic rings. The number of halogens is 3. The van der Waals surface area contributed by atoms with Crippen molar-refractivity contribution in [2.45, 2.75) is 9.72 Å². The summed E-state index contributed by atoms with van der Waals surface area (Å²) in [6, 6.07) is 11.5. The van der Waals surface area contributed by atoms with E-state index in [2.05, 4.69) is 20.7 Å². The highest BCUT2D eigenvalue weighted by atomic mass is 79.9. The van der Waals surface area contributed by atoms with Gasteiger partial charge in [0.1, 0.15) is 16.5 Å². The summed E-state index contributed by atoms with van der Waals surface area (Å²) in [4.78, 5) is -0.972. The smallest absolute Gasteiger partial charge is 0.210 e. The molecule has 2 rings (SSSR count). The van der Waals surface area contributed by atoms with Gasteiger partial charge in [-0.05, 0) is 23.8 Å². The van der Waals surface area contributed by atoms with Crippen molar-refractivity contribution in [2.24, 2.45) is 0 Å². The predicted octanol–water partition coefficient (Wildman–Crippen LogP) is 3.38. The summed E-state index contributed by atoms with van der Waals surface area (Å²) in [6.07, 6.45) is 0. The lowest BCUT2D eigenvalue weighted by Crippen LogP contribution is -2.27. The average molecular weight is 376 g/mol. The number of hydrogen-bond acceptors (Lipinski definition) is 2. The Morgan fingerprint density at radius 1 is 1.10 bits per heavy atom. The first kappa shape index (κ1) is 16.1. The van der Waals surface area contributed by atoms with Gasteiger partial charge >= 0.3 is 0 Å². The molecule has 1 atom stereocenters. The Morgan fingerprint density at radius 2 is 1.76 bits per heavy atom. The molecule has 0 saturated heterocycles. The minimum atomic E-state index is -4.11. The highest BCUT2D eigenvalue weighted by Crippen LogP contribution is 2.22. The van der Waals surface area contributed by atoms with Gasteiger partial charge in [-0.2, -0.15) is 0 Å². The fraction of sp³-hybridized carbons (Fsp3) is 0.143. The van der Waals surface area contributed by atoms with Crippen LogP contribution in [0.2, 0.25) is 0 Å². The number of rotatable bonds is 5. The van der Waals surface area contributed by atoms with Gasteiger partial charge in [0.2, 0.25) is 10.0 Å². The molecule has 0 radical (unpaired) electrons. The third-order valence-electron chi connectivity index (χ3n) is 2.80. The van der Waals surface area contributed by atoms with E-state index in [0.717, 1.165) is 17.7 Å². The van der Waals surface area contributed by atoms with Gasteiger partial charge in [0.15, 0.2) is 0 Å². The second kappa shape index (κ2) is 6.64. The van der Waals surface area contributed by atoms with Crippen molar-refractivity contribution in [1.29, 1.82) is 0 Å². The van der Waals surface area contributed by atoms with Crippen LogP contribution in [0.5, 0.6) is 0 Å². The molecule has 0 bridgehead atoms. The average Bonchev–Trinajstić information content (AvgIpc) is 2.48. The molecule has 1 unspecified atom stereocenters. The SMILES string of the molecule is O=S(=O)(NCC(Br)c1ccccc1)c1cc(F)ccc1F. The standard InChI is InChI=1S/C14H12BrF2NO2S/c15-12(10-4-2-1-3-5-10)9-18-21(19,20)14-8-11(16)6-7-13(14)17/h1-8,12,18H,9H2. The zero-order valence-electron chi connectivity index (χ0n) is 10.8. The molecule has 1 N–H and O–H groups in total. The summed E-state index contributed by atoms with van der Waals surface area (Å²) in [6.45, 7) is 0.0162. The van der Waals surface area contributed by atoms with Crippen LogP contribution < -0.4 is 4.72 Å². The lowest BCUT2D eigenvalue weighted by molar-refractivity contribution is 0.546. The van der Waals surface area contributed by atoms with Gasteiger partial charge in [-0.1, -0.05) is 46.3 Å². The fourth-order valence-electron chi connectivity index (χ4n) is 1.72. The molecule has 0 aromatic heterocycles. The number of sulfonamides is 1. The molecule has 2 aromatic carbocycles. The third-order valence-corrected chi connectivity index (χ3v) is 5.09. The molecule has 0 fully saturated rings. The Labute approximate surface area is 130 Å². The normalized spacial score (nSPS) is 13.1. The highest BCUT2D eigenvalue weighted by molar-refractivity contribution is 9.09. The Bertz CT molecular complexity index is 723. The fourth-order valence-corrected chi connectivity index (χ4v) is 3.54. The van der Waals surface area contributed by atoms with Crippen molar-refractivity contribution in [3.8, 4) is 0 Å². The maximum Gasteiger partial charge on any atom is 0.243 e. The first-order valence-electron chi connectivity index (χ1n) is 6.04. The molecule has 0 saturated carbocycles. The van der Waals surface area contributed by atoms with Crippen molar-refractivity contribution >= 4 is 26.0 Å². The summed E-state index contributed by atoms with van der Waals surface area (Å²) in [5, 5.41) is 0. The van der Waals surface area contributed by atoms with Crippen molar-refractivity contribution in [3.63, 3.8) is 0 Å². The second-order valence-electron chi connectivity index (χ2n) is 4.30. The van der Waals surface area contributed by atoms with E-state index in [1.165, 1.54) is 0 Å². The van der Waals surface area contributed by atoms with E-state index >= 15 is 0 Å². The summed E-state index contributed by atoms with van der Waals surface area (Å²) in [5.74, 6) is -1.80. The largest absolute Gasteiger partial charge is 0.243 e. The monoisotopic (exact) mass is 375 g/mol. The molecule has 3 nitrogen and oxygen atoms in total. The zero-order chi connectivity index (χ0) is 15.5. The van der Waals surface area contributed by atoms with E-state index in [-0.39, 0.29) is 11.4 Å². The van der Waals surface area contributed by atoms with E-state index in [9.17, 15) is 17.2 Å². The van der Waals surface area contributed by atoms with Crippen LogP contribution in [0.3, 0.4) is 0 Å². The quantitative estimate of drug-likeness (QED) is 0.814. The minimum Gasteiger partial charge on any atom is -0.210 e. The van der Waals surface area contributed by atoms with Crippen molar-refractivity contribution in [2.75, 3.05) is 6.54 Å². The molecule has 0 aliphatic rings. The van der Waals surface area contributed by atoms with Crippen LogP contribution in [-0.4, -0.2) is 15.0 Å². The highest BCUT2D eigenvalue weighted by Gasteiger charge is 2.21. The lowest BCUT2D eigenvalue weighted by atomic mass is 10.2. The Kier molecular flexibility index (Phi) is 5.08. The van der Waals surface area contributed by atoms with Crippen molar-refractivity contribution in [1.82, 2.24) is 4.72 Å². The first-order valence-corrected chi connectivity index (χ1v) is 8.44. The number of alkyl halides is 1. The molecule has 0 aliphatic carbocycles. The summed E-state index contributed by atoms with van der Waals surface area (Å²) in [7, 11) is -4.11. The van der Waals surface area contributed by atoms with Crippen molar-refractivity contribution < 1.29 is 17.2 Å². The Hall–Kier alpha value is -1.31. The second-order valence-corrected chi connectivity index (χ2v) is 7.15. The van der Waals surface area contributed by atoms with E-state index in [4.69, 9.17) is 0 Å². The van der Waals surface area contributed by atoms with Crippen LogP contribution >= 0.6 is 15.9 Å². The molecular weight excluding hydrogens is 364 g/mol. The summed E-state index contributed by atoms with van der Waals surface area (Å²) in [5.41, 5.74) is 0.875. The maximum atomic E-state index is 13.5. The molecule has 0 spiro atoms. The number of nitrogens with one attached hydrogen (secondary N) is 1. The summed E-state index contributed by atoms with van der Waals surface area (Å²) >= 11 is 3.35. The minimum absolute atomic E-state index is 0.0162. The molecule has 21 heavy (non-hydrogen) atoms. The first-order chi connectivity index (χ1) is 9.90. The predicted molar refractivity (Wildman–Crippen MR) is 79.7 cm³/mol. The molecule has 112 valence electrons.